The van der Waals surface area contributed by atoms with Gasteiger partial charge >= 0.3 is 11.8 Å². The van der Waals surface area contributed by atoms with E-state index in [1.54, 1.807) is 48.5 Å². The first kappa shape index (κ1) is 25.0. The van der Waals surface area contributed by atoms with Gasteiger partial charge in [0.25, 0.3) is 5.91 Å². The lowest BCUT2D eigenvalue weighted by Crippen LogP contribution is -2.32. The van der Waals surface area contributed by atoms with Crippen LogP contribution < -0.4 is 25.5 Å². The molecule has 3 aromatic carbocycles. The Hall–Kier alpha value is -4.66. The summed E-state index contributed by atoms with van der Waals surface area (Å²) in [6.07, 6.45) is 1.33. The molecule has 0 radical (unpaired) electrons. The highest BCUT2D eigenvalue weighted by Gasteiger charge is 2.15. The standard InChI is InChI=1S/C26H26N4O5/c1-2-34-23-15-9-7-13-21(23)29-25(32)26(33)30-28-17-20-12-6-8-14-22(20)35-18-24(31)27-16-19-10-4-3-5-11-19/h3-15,17H,2,16,18H2,1H3,(H,27,31)(H,29,32)(H,30,33)/b28-17-. The van der Waals surface area contributed by atoms with E-state index in [9.17, 15) is 14.4 Å². The van der Waals surface area contributed by atoms with Gasteiger partial charge in [0.1, 0.15) is 11.5 Å². The van der Waals surface area contributed by atoms with Gasteiger partial charge in [0.15, 0.2) is 6.61 Å². The van der Waals surface area contributed by atoms with Gasteiger partial charge in [-0.05, 0) is 36.8 Å². The van der Waals surface area contributed by atoms with E-state index in [4.69, 9.17) is 9.47 Å². The summed E-state index contributed by atoms with van der Waals surface area (Å²) in [5, 5.41) is 9.11. The van der Waals surface area contributed by atoms with Crippen LogP contribution in [0.5, 0.6) is 11.5 Å². The Morgan fingerprint density at radius 1 is 0.829 bits per heavy atom. The summed E-state index contributed by atoms with van der Waals surface area (Å²) < 4.78 is 11.0. The van der Waals surface area contributed by atoms with E-state index in [2.05, 4.69) is 21.2 Å². The van der Waals surface area contributed by atoms with Crippen molar-refractivity contribution in [2.75, 3.05) is 18.5 Å². The van der Waals surface area contributed by atoms with E-state index in [-0.39, 0.29) is 12.5 Å². The quantitative estimate of drug-likeness (QED) is 0.237. The molecule has 0 unspecified atom stereocenters. The lowest BCUT2D eigenvalue weighted by atomic mass is 10.2. The summed E-state index contributed by atoms with van der Waals surface area (Å²) in [5.74, 6) is -1.27. The first-order valence-corrected chi connectivity index (χ1v) is 11.0. The van der Waals surface area contributed by atoms with Crippen molar-refractivity contribution < 1.29 is 23.9 Å². The zero-order valence-electron chi connectivity index (χ0n) is 19.2. The van der Waals surface area contributed by atoms with Gasteiger partial charge in [-0.2, -0.15) is 5.10 Å². The third-order valence-electron chi connectivity index (χ3n) is 4.62. The van der Waals surface area contributed by atoms with Crippen LogP contribution in [0.4, 0.5) is 5.69 Å². The Morgan fingerprint density at radius 2 is 1.51 bits per heavy atom. The van der Waals surface area contributed by atoms with Gasteiger partial charge in [-0.25, -0.2) is 5.43 Å². The van der Waals surface area contributed by atoms with Crippen LogP contribution in [0.3, 0.4) is 0 Å². The summed E-state index contributed by atoms with van der Waals surface area (Å²) in [4.78, 5) is 36.4. The minimum absolute atomic E-state index is 0.189. The number of carbonyl (C=O) groups is 3. The smallest absolute Gasteiger partial charge is 0.329 e. The number of hydrogen-bond acceptors (Lipinski definition) is 6. The second-order valence-electron chi connectivity index (χ2n) is 7.17. The number of anilines is 1. The van der Waals surface area contributed by atoms with Crippen molar-refractivity contribution in [3.8, 4) is 11.5 Å². The Morgan fingerprint density at radius 3 is 2.29 bits per heavy atom. The molecule has 3 N–H and O–H groups in total. The van der Waals surface area contributed by atoms with Gasteiger partial charge < -0.3 is 20.1 Å². The molecule has 9 heteroatoms. The van der Waals surface area contributed by atoms with Crippen molar-refractivity contribution in [3.05, 3.63) is 90.0 Å². The number of carbonyl (C=O) groups excluding carboxylic acids is 3. The third kappa shape index (κ3) is 8.01. The third-order valence-corrected chi connectivity index (χ3v) is 4.62. The van der Waals surface area contributed by atoms with E-state index in [0.29, 0.717) is 35.9 Å². The lowest BCUT2D eigenvalue weighted by molar-refractivity contribution is -0.136. The number of benzene rings is 3. The van der Waals surface area contributed by atoms with Gasteiger partial charge in [-0.1, -0.05) is 54.6 Å². The lowest BCUT2D eigenvalue weighted by Gasteiger charge is -2.10. The highest BCUT2D eigenvalue weighted by Crippen LogP contribution is 2.23. The summed E-state index contributed by atoms with van der Waals surface area (Å²) in [6.45, 7) is 2.44. The van der Waals surface area contributed by atoms with Crippen molar-refractivity contribution in [1.29, 1.82) is 0 Å². The second kappa shape index (κ2) is 13.1. The monoisotopic (exact) mass is 474 g/mol. The topological polar surface area (TPSA) is 118 Å². The van der Waals surface area contributed by atoms with Crippen LogP contribution >= 0.6 is 0 Å². The number of nitrogens with one attached hydrogen (secondary N) is 3. The van der Waals surface area contributed by atoms with E-state index < -0.39 is 11.8 Å². The molecule has 0 aromatic heterocycles. The molecule has 180 valence electrons. The van der Waals surface area contributed by atoms with Crippen LogP contribution in [0.1, 0.15) is 18.1 Å². The molecule has 3 aromatic rings. The molecule has 0 aliphatic heterocycles. The normalized spacial score (nSPS) is 10.4. The maximum Gasteiger partial charge on any atom is 0.329 e. The average Bonchev–Trinajstić information content (AvgIpc) is 2.88. The molecule has 0 saturated heterocycles. The van der Waals surface area contributed by atoms with Crippen LogP contribution in [0.25, 0.3) is 0 Å². The zero-order valence-corrected chi connectivity index (χ0v) is 19.2. The second-order valence-corrected chi connectivity index (χ2v) is 7.17. The molecule has 3 rings (SSSR count). The fourth-order valence-corrected chi connectivity index (χ4v) is 2.95. The van der Waals surface area contributed by atoms with E-state index in [0.717, 1.165) is 5.56 Å². The predicted molar refractivity (Wildman–Crippen MR) is 132 cm³/mol. The first-order chi connectivity index (χ1) is 17.1. The molecule has 0 spiro atoms. The number of amides is 3. The SMILES string of the molecule is CCOc1ccccc1NC(=O)C(=O)N/N=C\c1ccccc1OCC(=O)NCc1ccccc1. The number of ether oxygens (including phenoxy) is 2. The highest BCUT2D eigenvalue weighted by molar-refractivity contribution is 6.39. The van der Waals surface area contributed by atoms with Crippen LogP contribution in [0.15, 0.2) is 84.0 Å². The Balaban J connectivity index is 1.50. The van der Waals surface area contributed by atoms with Gasteiger partial charge in [0.2, 0.25) is 0 Å². The number of para-hydroxylation sites is 3. The molecule has 35 heavy (non-hydrogen) atoms. The largest absolute Gasteiger partial charge is 0.492 e. The maximum absolute atomic E-state index is 12.2. The van der Waals surface area contributed by atoms with E-state index in [1.165, 1.54) is 6.21 Å². The molecule has 0 aliphatic carbocycles. The Bertz CT molecular complexity index is 1180. The molecule has 3 amide bonds. The number of nitrogens with zero attached hydrogens (tertiary/aromatic N) is 1. The van der Waals surface area contributed by atoms with Crippen LogP contribution in [0, 0.1) is 0 Å². The molecule has 0 bridgehead atoms. The molecule has 0 atom stereocenters. The van der Waals surface area contributed by atoms with Crippen LogP contribution in [-0.2, 0) is 20.9 Å². The summed E-state index contributed by atoms with van der Waals surface area (Å²) in [5.41, 5.74) is 4.05. The van der Waals surface area contributed by atoms with Gasteiger partial charge in [0, 0.05) is 12.1 Å². The molecular formula is C26H26N4O5. The van der Waals surface area contributed by atoms with Crippen molar-refractivity contribution in [3.63, 3.8) is 0 Å². The van der Waals surface area contributed by atoms with Crippen LogP contribution in [-0.4, -0.2) is 37.1 Å². The summed E-state index contributed by atoms with van der Waals surface area (Å²) >= 11 is 0. The maximum atomic E-state index is 12.2. The summed E-state index contributed by atoms with van der Waals surface area (Å²) in [6, 6.07) is 23.2. The van der Waals surface area contributed by atoms with Gasteiger partial charge in [0.05, 0.1) is 18.5 Å². The van der Waals surface area contributed by atoms with Crippen LogP contribution in [0.2, 0.25) is 0 Å². The highest BCUT2D eigenvalue weighted by atomic mass is 16.5. The average molecular weight is 475 g/mol. The molecule has 0 heterocycles. The van der Waals surface area contributed by atoms with Gasteiger partial charge in [-0.15, -0.1) is 0 Å². The first-order valence-electron chi connectivity index (χ1n) is 11.0. The minimum Gasteiger partial charge on any atom is -0.492 e. The molecule has 0 aliphatic rings. The number of rotatable bonds is 10. The van der Waals surface area contributed by atoms with Crippen molar-refractivity contribution in [2.45, 2.75) is 13.5 Å². The zero-order chi connectivity index (χ0) is 24.9. The number of hydrazone groups is 1. The molecule has 0 fully saturated rings. The van der Waals surface area contributed by atoms with Crippen molar-refractivity contribution in [1.82, 2.24) is 10.7 Å². The molecular weight excluding hydrogens is 448 g/mol. The Labute approximate surface area is 203 Å². The fourth-order valence-electron chi connectivity index (χ4n) is 2.95. The molecule has 9 nitrogen and oxygen atoms in total. The van der Waals surface area contributed by atoms with Crippen molar-refractivity contribution >= 4 is 29.6 Å². The van der Waals surface area contributed by atoms with E-state index in [1.807, 2.05) is 37.3 Å². The van der Waals surface area contributed by atoms with E-state index >= 15 is 0 Å². The number of hydrogen-bond donors (Lipinski definition) is 3. The summed E-state index contributed by atoms with van der Waals surface area (Å²) in [7, 11) is 0. The van der Waals surface area contributed by atoms with Gasteiger partial charge in [-0.3, -0.25) is 14.4 Å². The fraction of sp³-hybridized carbons (Fsp3) is 0.154. The minimum atomic E-state index is -0.953. The predicted octanol–water partition coefficient (Wildman–Crippen LogP) is 2.87. The van der Waals surface area contributed by atoms with Crippen molar-refractivity contribution in [2.24, 2.45) is 5.10 Å². The molecule has 0 saturated carbocycles. The Kier molecular flexibility index (Phi) is 9.38.